The van der Waals surface area contributed by atoms with Gasteiger partial charge in [-0.05, 0) is 25.3 Å². The fourth-order valence-electron chi connectivity index (χ4n) is 1.62. The number of unbranched alkanes of at least 4 members (excludes halogenated alkanes) is 2. The molecule has 0 saturated carbocycles. The van der Waals surface area contributed by atoms with E-state index in [9.17, 15) is 18.5 Å². The molecule has 1 aromatic rings. The summed E-state index contributed by atoms with van der Waals surface area (Å²) in [6, 6.07) is 4.24. The average Bonchev–Trinajstić information content (AvgIpc) is 2.41. The molecular weight excluding hydrogens is 322 g/mol. The molecule has 0 heterocycles. The fourth-order valence-corrected chi connectivity index (χ4v) is 2.50. The second-order valence-corrected chi connectivity index (χ2v) is 7.14. The summed E-state index contributed by atoms with van der Waals surface area (Å²) in [6.45, 7) is 0.246. The number of benzene rings is 1. The Bertz CT molecular complexity index is 589. The van der Waals surface area contributed by atoms with Crippen LogP contribution in [-0.4, -0.2) is 32.8 Å². The van der Waals surface area contributed by atoms with Gasteiger partial charge < -0.3 is 9.47 Å². The van der Waals surface area contributed by atoms with Crippen molar-refractivity contribution in [2.75, 3.05) is 19.5 Å². The third kappa shape index (κ3) is 6.63. The number of nitro benzene ring substituents is 1. The Balaban J connectivity index is 2.49. The van der Waals surface area contributed by atoms with Crippen LogP contribution in [0.5, 0.6) is 11.5 Å². The predicted molar refractivity (Wildman–Crippen MR) is 78.6 cm³/mol. The number of ether oxygens (including phenoxy) is 2. The van der Waals surface area contributed by atoms with Gasteiger partial charge in [0.1, 0.15) is 5.75 Å². The molecule has 118 valence electrons. The predicted octanol–water partition coefficient (Wildman–Crippen LogP) is 2.72. The highest BCUT2D eigenvalue weighted by Gasteiger charge is 2.15. The van der Waals surface area contributed by atoms with E-state index in [4.69, 9.17) is 20.2 Å². The lowest BCUT2D eigenvalue weighted by Gasteiger charge is -2.08. The van der Waals surface area contributed by atoms with Crippen LogP contribution in [0, 0.1) is 10.1 Å². The van der Waals surface area contributed by atoms with Crippen LogP contribution in [0.1, 0.15) is 19.3 Å². The first-order valence-electron chi connectivity index (χ1n) is 6.21. The van der Waals surface area contributed by atoms with Gasteiger partial charge in [0.05, 0.1) is 24.4 Å². The van der Waals surface area contributed by atoms with E-state index in [-0.39, 0.29) is 23.8 Å². The van der Waals surface area contributed by atoms with E-state index in [1.807, 2.05) is 0 Å². The molecule has 7 nitrogen and oxygen atoms in total. The minimum atomic E-state index is -3.46. The maximum atomic E-state index is 10.9. The zero-order valence-corrected chi connectivity index (χ0v) is 13.0. The molecule has 0 amide bonds. The van der Waals surface area contributed by atoms with Gasteiger partial charge in [-0.15, -0.1) is 0 Å². The Morgan fingerprint density at radius 3 is 2.57 bits per heavy atom. The summed E-state index contributed by atoms with van der Waals surface area (Å²) in [5.41, 5.74) is -0.140. The molecule has 9 heteroatoms. The molecule has 0 aliphatic heterocycles. The largest absolute Gasteiger partial charge is 0.497 e. The highest BCUT2D eigenvalue weighted by Crippen LogP contribution is 2.31. The van der Waals surface area contributed by atoms with Gasteiger partial charge in [0.25, 0.3) is 0 Å². The van der Waals surface area contributed by atoms with Gasteiger partial charge in [-0.2, -0.15) is 0 Å². The van der Waals surface area contributed by atoms with E-state index >= 15 is 0 Å². The van der Waals surface area contributed by atoms with Gasteiger partial charge in [-0.1, -0.05) is 0 Å². The smallest absolute Gasteiger partial charge is 0.311 e. The Labute approximate surface area is 127 Å². The van der Waals surface area contributed by atoms with Crippen LogP contribution in [-0.2, 0) is 9.05 Å². The third-order valence-corrected chi connectivity index (χ3v) is 3.89. The number of halogens is 1. The van der Waals surface area contributed by atoms with Crippen molar-refractivity contribution in [3.8, 4) is 11.5 Å². The van der Waals surface area contributed by atoms with Crippen LogP contribution in [0.4, 0.5) is 5.69 Å². The van der Waals surface area contributed by atoms with Gasteiger partial charge >= 0.3 is 5.69 Å². The minimum absolute atomic E-state index is 0.0894. The summed E-state index contributed by atoms with van der Waals surface area (Å²) >= 11 is 0. The quantitative estimate of drug-likeness (QED) is 0.297. The molecule has 0 spiro atoms. The summed E-state index contributed by atoms with van der Waals surface area (Å²) in [4.78, 5) is 10.3. The Hall–Kier alpha value is -1.54. The Morgan fingerprint density at radius 2 is 2.00 bits per heavy atom. The highest BCUT2D eigenvalue weighted by molar-refractivity contribution is 8.13. The van der Waals surface area contributed by atoms with Crippen molar-refractivity contribution in [2.45, 2.75) is 19.3 Å². The summed E-state index contributed by atoms with van der Waals surface area (Å²) in [5.74, 6) is 0.501. The average molecular weight is 338 g/mol. The zero-order chi connectivity index (χ0) is 15.9. The molecule has 0 unspecified atom stereocenters. The normalized spacial score (nSPS) is 11.1. The molecule has 0 saturated heterocycles. The van der Waals surface area contributed by atoms with Crippen molar-refractivity contribution in [2.24, 2.45) is 0 Å². The number of nitrogens with zero attached hydrogens (tertiary/aromatic N) is 1. The van der Waals surface area contributed by atoms with Crippen LogP contribution in [0.25, 0.3) is 0 Å². The van der Waals surface area contributed by atoms with E-state index in [2.05, 4.69) is 0 Å². The molecule has 0 bridgehead atoms. The van der Waals surface area contributed by atoms with Crippen LogP contribution in [0.2, 0.25) is 0 Å². The molecule has 21 heavy (non-hydrogen) atoms. The number of methoxy groups -OCH3 is 1. The second-order valence-electron chi connectivity index (χ2n) is 4.24. The molecule has 1 aromatic carbocycles. The standard InChI is InChI=1S/C12H16ClNO6S/c1-19-10-5-6-11(14(15)16)12(9-10)20-7-3-2-4-8-21(13,17)18/h5-6,9H,2-4,7-8H2,1H3. The van der Waals surface area contributed by atoms with Crippen LogP contribution in [0.3, 0.4) is 0 Å². The molecule has 0 radical (unpaired) electrons. The molecule has 1 rings (SSSR count). The van der Waals surface area contributed by atoms with Crippen molar-refractivity contribution >= 4 is 25.4 Å². The van der Waals surface area contributed by atoms with Crippen LogP contribution < -0.4 is 9.47 Å². The monoisotopic (exact) mass is 337 g/mol. The van der Waals surface area contributed by atoms with Gasteiger partial charge in [0, 0.05) is 22.8 Å². The van der Waals surface area contributed by atoms with Crippen molar-refractivity contribution < 1.29 is 22.8 Å². The van der Waals surface area contributed by atoms with Crippen LogP contribution in [0.15, 0.2) is 18.2 Å². The van der Waals surface area contributed by atoms with Gasteiger partial charge in [-0.25, -0.2) is 8.42 Å². The fraction of sp³-hybridized carbons (Fsp3) is 0.500. The van der Waals surface area contributed by atoms with Gasteiger partial charge in [-0.3, -0.25) is 10.1 Å². The lowest BCUT2D eigenvalue weighted by molar-refractivity contribution is -0.385. The summed E-state index contributed by atoms with van der Waals surface area (Å²) in [6.07, 6.45) is 1.60. The van der Waals surface area contributed by atoms with Gasteiger partial charge in [0.2, 0.25) is 14.8 Å². The maximum Gasteiger partial charge on any atom is 0.311 e. The van der Waals surface area contributed by atoms with Crippen molar-refractivity contribution in [1.29, 1.82) is 0 Å². The summed E-state index contributed by atoms with van der Waals surface area (Å²) in [5, 5.41) is 10.9. The summed E-state index contributed by atoms with van der Waals surface area (Å²) in [7, 11) is 3.07. The molecule has 0 atom stereocenters. The zero-order valence-electron chi connectivity index (χ0n) is 11.5. The molecule has 0 aromatic heterocycles. The van der Waals surface area contributed by atoms with E-state index in [0.717, 1.165) is 0 Å². The Kier molecular flexibility index (Phi) is 6.70. The first-order chi connectivity index (χ1) is 9.83. The topological polar surface area (TPSA) is 95.7 Å². The molecule has 0 aliphatic carbocycles. The number of hydrogen-bond acceptors (Lipinski definition) is 6. The molecule has 0 fully saturated rings. The van der Waals surface area contributed by atoms with E-state index in [1.54, 1.807) is 0 Å². The first kappa shape index (κ1) is 17.5. The van der Waals surface area contributed by atoms with Crippen molar-refractivity contribution in [1.82, 2.24) is 0 Å². The van der Waals surface area contributed by atoms with Crippen molar-refractivity contribution in [3.63, 3.8) is 0 Å². The van der Waals surface area contributed by atoms with Gasteiger partial charge in [0.15, 0.2) is 0 Å². The summed E-state index contributed by atoms with van der Waals surface area (Å²) < 4.78 is 31.8. The number of nitro groups is 1. The lowest BCUT2D eigenvalue weighted by atomic mass is 10.2. The molecule has 0 N–H and O–H groups in total. The van der Waals surface area contributed by atoms with E-state index < -0.39 is 14.0 Å². The second kappa shape index (κ2) is 8.04. The van der Waals surface area contributed by atoms with E-state index in [0.29, 0.717) is 25.0 Å². The van der Waals surface area contributed by atoms with Crippen LogP contribution >= 0.6 is 10.7 Å². The first-order valence-corrected chi connectivity index (χ1v) is 8.69. The molecular formula is C12H16ClNO6S. The number of rotatable bonds is 9. The Morgan fingerprint density at radius 1 is 1.29 bits per heavy atom. The van der Waals surface area contributed by atoms with E-state index in [1.165, 1.54) is 25.3 Å². The number of hydrogen-bond donors (Lipinski definition) is 0. The lowest BCUT2D eigenvalue weighted by Crippen LogP contribution is -2.02. The molecule has 0 aliphatic rings. The third-order valence-electron chi connectivity index (χ3n) is 2.65. The highest BCUT2D eigenvalue weighted by atomic mass is 35.7. The SMILES string of the molecule is COc1ccc([N+](=O)[O-])c(OCCCCCS(=O)(=O)Cl)c1. The minimum Gasteiger partial charge on any atom is -0.497 e. The maximum absolute atomic E-state index is 10.9. The van der Waals surface area contributed by atoms with Crippen molar-refractivity contribution in [3.05, 3.63) is 28.3 Å².